The molecule has 1 N–H and O–H groups in total. The Labute approximate surface area is 101 Å². The van der Waals surface area contributed by atoms with Gasteiger partial charge in [-0.1, -0.05) is 33.8 Å². The number of nitrogens with one attached hydrogen (secondary N) is 1. The summed E-state index contributed by atoms with van der Waals surface area (Å²) in [6, 6.07) is 3.97. The molecule has 0 spiro atoms. The van der Waals surface area contributed by atoms with E-state index in [0.717, 1.165) is 19.5 Å². The number of aryl methyl sites for hydroxylation is 1. The van der Waals surface area contributed by atoms with Gasteiger partial charge in [0, 0.05) is 20.2 Å². The minimum absolute atomic E-state index is 0. The van der Waals surface area contributed by atoms with Crippen molar-refractivity contribution in [1.82, 2.24) is 10.3 Å². The molecule has 0 atom stereocenters. The highest BCUT2D eigenvalue weighted by Crippen LogP contribution is 2.07. The van der Waals surface area contributed by atoms with Crippen LogP contribution in [0.15, 0.2) is 18.3 Å². The lowest BCUT2D eigenvalue weighted by Crippen LogP contribution is -2.20. The highest BCUT2D eigenvalue weighted by atomic mass is 16.5. The molecular weight excluding hydrogens is 200 g/mol. The molecular formula is C13H26N2O. The van der Waals surface area contributed by atoms with Crippen molar-refractivity contribution in [2.45, 2.75) is 34.1 Å². The Morgan fingerprint density at radius 2 is 2.06 bits per heavy atom. The summed E-state index contributed by atoms with van der Waals surface area (Å²) in [4.78, 5) is 4.20. The van der Waals surface area contributed by atoms with Gasteiger partial charge in [0.1, 0.15) is 6.61 Å². The number of hydrogen-bond acceptors (Lipinski definition) is 3. The van der Waals surface area contributed by atoms with Crippen LogP contribution < -0.4 is 10.1 Å². The van der Waals surface area contributed by atoms with Crippen LogP contribution in [0.25, 0.3) is 0 Å². The molecule has 0 radical (unpaired) electrons. The predicted octanol–water partition coefficient (Wildman–Crippen LogP) is 2.90. The van der Waals surface area contributed by atoms with Gasteiger partial charge in [-0.3, -0.25) is 0 Å². The lowest BCUT2D eigenvalue weighted by atomic mass is 10.2. The monoisotopic (exact) mass is 226 g/mol. The summed E-state index contributed by atoms with van der Waals surface area (Å²) >= 11 is 0. The average Bonchev–Trinajstić information content (AvgIpc) is 2.38. The molecule has 0 amide bonds. The molecule has 0 aliphatic heterocycles. The van der Waals surface area contributed by atoms with Gasteiger partial charge in [-0.05, 0) is 18.5 Å². The van der Waals surface area contributed by atoms with Crippen molar-refractivity contribution in [2.75, 3.05) is 19.7 Å². The average molecular weight is 226 g/mol. The van der Waals surface area contributed by atoms with E-state index >= 15 is 0 Å². The molecule has 0 bridgehead atoms. The van der Waals surface area contributed by atoms with Gasteiger partial charge < -0.3 is 10.1 Å². The predicted molar refractivity (Wildman–Crippen MR) is 71.1 cm³/mol. The first-order valence-corrected chi connectivity index (χ1v) is 6.15. The quantitative estimate of drug-likeness (QED) is 0.757. The highest BCUT2D eigenvalue weighted by molar-refractivity contribution is 5.17. The van der Waals surface area contributed by atoms with Crippen LogP contribution in [-0.2, 0) is 6.42 Å². The largest absolute Gasteiger partial charge is 0.476 e. The zero-order chi connectivity index (χ0) is 12.2. The number of nitrogens with zero attached hydrogens (tertiary/aromatic N) is 1. The van der Waals surface area contributed by atoms with Crippen molar-refractivity contribution in [1.29, 1.82) is 0 Å². The van der Waals surface area contributed by atoms with Gasteiger partial charge in [0.25, 0.3) is 0 Å². The molecule has 0 saturated carbocycles. The summed E-state index contributed by atoms with van der Waals surface area (Å²) in [5.74, 6) is 0.708. The first kappa shape index (κ1) is 14.9. The minimum Gasteiger partial charge on any atom is -0.476 e. The van der Waals surface area contributed by atoms with Crippen LogP contribution in [0.4, 0.5) is 0 Å². The summed E-state index contributed by atoms with van der Waals surface area (Å²) in [5, 5.41) is 3.19. The van der Waals surface area contributed by atoms with Crippen molar-refractivity contribution in [3.63, 3.8) is 0 Å². The van der Waals surface area contributed by atoms with Crippen molar-refractivity contribution in [2.24, 2.45) is 0 Å². The van der Waals surface area contributed by atoms with Crippen LogP contribution in [-0.4, -0.2) is 24.7 Å². The molecule has 0 aromatic carbocycles. The van der Waals surface area contributed by atoms with Gasteiger partial charge in [-0.2, -0.15) is 0 Å². The smallest absolute Gasteiger partial charge is 0.213 e. The first-order chi connectivity index (χ1) is 7.86. The molecule has 1 aromatic heterocycles. The Bertz CT molecular complexity index is 252. The topological polar surface area (TPSA) is 34.1 Å². The molecule has 0 aliphatic carbocycles. The van der Waals surface area contributed by atoms with E-state index in [9.17, 15) is 0 Å². The summed E-state index contributed by atoms with van der Waals surface area (Å²) in [6.07, 6.45) is 2.88. The van der Waals surface area contributed by atoms with Crippen molar-refractivity contribution >= 4 is 0 Å². The third-order valence-corrected chi connectivity index (χ3v) is 1.98. The molecule has 0 unspecified atom stereocenters. The summed E-state index contributed by atoms with van der Waals surface area (Å²) < 4.78 is 5.43. The van der Waals surface area contributed by atoms with Crippen molar-refractivity contribution in [3.8, 4) is 5.88 Å². The third-order valence-electron chi connectivity index (χ3n) is 1.98. The number of rotatable bonds is 6. The maximum Gasteiger partial charge on any atom is 0.213 e. The standard InChI is InChI=1S/C11H18N2O.C2H6.H2/c1-3-10-5-6-11(13-9-10)14-8-7-12-4-2;1-2;/h5-6,9,12H,3-4,7-8H2,1-2H3;1-2H3;1H. The van der Waals surface area contributed by atoms with Crippen LogP contribution in [0.1, 0.15) is 34.7 Å². The first-order valence-electron chi connectivity index (χ1n) is 6.15. The second-order valence-corrected chi connectivity index (χ2v) is 3.06. The Morgan fingerprint density at radius 1 is 1.31 bits per heavy atom. The third kappa shape index (κ3) is 6.40. The van der Waals surface area contributed by atoms with Gasteiger partial charge in [0.2, 0.25) is 5.88 Å². The van der Waals surface area contributed by atoms with Crippen molar-refractivity contribution < 1.29 is 6.16 Å². The van der Waals surface area contributed by atoms with E-state index in [4.69, 9.17) is 4.74 Å². The van der Waals surface area contributed by atoms with E-state index in [1.807, 2.05) is 26.1 Å². The minimum atomic E-state index is 0. The zero-order valence-corrected chi connectivity index (χ0v) is 10.9. The molecule has 0 fully saturated rings. The number of pyridine rings is 1. The fourth-order valence-electron chi connectivity index (χ4n) is 1.11. The van der Waals surface area contributed by atoms with Gasteiger partial charge >= 0.3 is 0 Å². The van der Waals surface area contributed by atoms with Crippen LogP contribution >= 0.6 is 0 Å². The van der Waals surface area contributed by atoms with Gasteiger partial charge in [-0.25, -0.2) is 4.98 Å². The van der Waals surface area contributed by atoms with Crippen LogP contribution in [0.5, 0.6) is 5.88 Å². The number of aromatic nitrogens is 1. The maximum atomic E-state index is 5.43. The number of ether oxygens (including phenoxy) is 1. The highest BCUT2D eigenvalue weighted by Gasteiger charge is 1.94. The molecule has 1 heterocycles. The van der Waals surface area contributed by atoms with Crippen LogP contribution in [0, 0.1) is 0 Å². The molecule has 1 aromatic rings. The molecule has 0 aliphatic rings. The van der Waals surface area contributed by atoms with E-state index in [0.29, 0.717) is 12.5 Å². The lowest BCUT2D eigenvalue weighted by molar-refractivity contribution is 0.303. The van der Waals surface area contributed by atoms with E-state index in [-0.39, 0.29) is 1.43 Å². The Morgan fingerprint density at radius 3 is 2.56 bits per heavy atom. The summed E-state index contributed by atoms with van der Waals surface area (Å²) in [6.45, 7) is 10.7. The number of hydrogen-bond donors (Lipinski definition) is 1. The Balaban J connectivity index is 0. The normalized spacial score (nSPS) is 9.25. The Hall–Kier alpha value is -1.09. The van der Waals surface area contributed by atoms with E-state index < -0.39 is 0 Å². The molecule has 3 nitrogen and oxygen atoms in total. The Kier molecular flexibility index (Phi) is 9.72. The van der Waals surface area contributed by atoms with Crippen LogP contribution in [0.3, 0.4) is 0 Å². The molecule has 0 saturated heterocycles. The molecule has 16 heavy (non-hydrogen) atoms. The second kappa shape index (κ2) is 10.4. The summed E-state index contributed by atoms with van der Waals surface area (Å²) in [5.41, 5.74) is 1.24. The maximum absolute atomic E-state index is 5.43. The fourth-order valence-corrected chi connectivity index (χ4v) is 1.11. The van der Waals surface area contributed by atoms with Crippen molar-refractivity contribution in [3.05, 3.63) is 23.9 Å². The summed E-state index contributed by atoms with van der Waals surface area (Å²) in [7, 11) is 0. The number of likely N-dealkylation sites (N-methyl/N-ethyl adjacent to an activating group) is 1. The van der Waals surface area contributed by atoms with E-state index in [1.165, 1.54) is 5.56 Å². The lowest BCUT2D eigenvalue weighted by Gasteiger charge is -2.05. The van der Waals surface area contributed by atoms with E-state index in [2.05, 4.69) is 30.2 Å². The van der Waals surface area contributed by atoms with Crippen LogP contribution in [0.2, 0.25) is 0 Å². The molecule has 94 valence electrons. The fraction of sp³-hybridized carbons (Fsp3) is 0.615. The zero-order valence-electron chi connectivity index (χ0n) is 10.9. The SMILES string of the molecule is CC.CCNCCOc1ccc(CC)cn1.[HH]. The van der Waals surface area contributed by atoms with Gasteiger partial charge in [0.15, 0.2) is 0 Å². The van der Waals surface area contributed by atoms with E-state index in [1.54, 1.807) is 0 Å². The molecule has 1 rings (SSSR count). The molecule has 3 heteroatoms. The second-order valence-electron chi connectivity index (χ2n) is 3.06. The van der Waals surface area contributed by atoms with Gasteiger partial charge in [0.05, 0.1) is 0 Å². The van der Waals surface area contributed by atoms with Gasteiger partial charge in [-0.15, -0.1) is 0 Å².